The van der Waals surface area contributed by atoms with Crippen LogP contribution in [-0.4, -0.2) is 46.3 Å². The molecule has 1 aromatic heterocycles. The second-order valence-corrected chi connectivity index (χ2v) is 5.80. The Balaban J connectivity index is 1.36. The van der Waals surface area contributed by atoms with Gasteiger partial charge < -0.3 is 14.8 Å². The Labute approximate surface area is 149 Å². The van der Waals surface area contributed by atoms with Gasteiger partial charge in [-0.25, -0.2) is 0 Å². The number of aromatic nitrogens is 4. The minimum atomic E-state index is -0.145. The predicted octanol–water partition coefficient (Wildman–Crippen LogP) is 1.61. The van der Waals surface area contributed by atoms with Crippen molar-refractivity contribution in [3.05, 3.63) is 53.6 Å². The summed E-state index contributed by atoms with van der Waals surface area (Å²) in [4.78, 5) is 12.4. The molecule has 0 radical (unpaired) electrons. The van der Waals surface area contributed by atoms with E-state index in [1.54, 1.807) is 18.2 Å². The molecule has 0 aliphatic carbocycles. The molecule has 2 aromatic carbocycles. The first-order valence-corrected chi connectivity index (χ1v) is 8.30. The van der Waals surface area contributed by atoms with Crippen molar-refractivity contribution in [2.45, 2.75) is 6.42 Å². The molecule has 2 heterocycles. The summed E-state index contributed by atoms with van der Waals surface area (Å²) in [6.45, 7) is 1.65. The topological polar surface area (TPSA) is 102 Å². The first-order chi connectivity index (χ1) is 12.8. The Bertz CT molecular complexity index is 911. The number of fused-ring (bicyclic) bond motifs is 1. The van der Waals surface area contributed by atoms with Crippen LogP contribution in [0.4, 0.5) is 0 Å². The SMILES string of the molecule is O=C(NCCc1ccc2c(c1)OCCO2)c1cccc(-c2nn[nH]n2)c1. The molecule has 1 amide bonds. The fourth-order valence-corrected chi connectivity index (χ4v) is 2.75. The Hall–Kier alpha value is -3.42. The lowest BCUT2D eigenvalue weighted by Gasteiger charge is -2.18. The highest BCUT2D eigenvalue weighted by Crippen LogP contribution is 2.30. The molecule has 0 unspecified atom stereocenters. The van der Waals surface area contributed by atoms with Crippen molar-refractivity contribution in [2.24, 2.45) is 0 Å². The molecule has 0 atom stereocenters. The molecule has 1 aliphatic rings. The number of H-pyrrole nitrogens is 1. The molecular weight excluding hydrogens is 334 g/mol. The monoisotopic (exact) mass is 351 g/mol. The maximum atomic E-state index is 12.4. The summed E-state index contributed by atoms with van der Waals surface area (Å²) in [6.07, 6.45) is 0.701. The summed E-state index contributed by atoms with van der Waals surface area (Å²) in [6, 6.07) is 13.0. The van der Waals surface area contributed by atoms with Crippen LogP contribution in [0.3, 0.4) is 0 Å². The number of carbonyl (C=O) groups is 1. The summed E-state index contributed by atoms with van der Waals surface area (Å²) < 4.78 is 11.1. The largest absolute Gasteiger partial charge is 0.486 e. The smallest absolute Gasteiger partial charge is 0.251 e. The van der Waals surface area contributed by atoms with Crippen LogP contribution in [0.1, 0.15) is 15.9 Å². The lowest BCUT2D eigenvalue weighted by molar-refractivity contribution is 0.0954. The van der Waals surface area contributed by atoms with Crippen molar-refractivity contribution < 1.29 is 14.3 Å². The summed E-state index contributed by atoms with van der Waals surface area (Å²) in [5.74, 6) is 1.83. The van der Waals surface area contributed by atoms with Crippen LogP contribution < -0.4 is 14.8 Å². The quantitative estimate of drug-likeness (QED) is 0.724. The Morgan fingerprint density at radius 1 is 1.12 bits per heavy atom. The normalized spacial score (nSPS) is 12.6. The fourth-order valence-electron chi connectivity index (χ4n) is 2.75. The molecule has 132 valence electrons. The zero-order valence-corrected chi connectivity index (χ0v) is 13.9. The van der Waals surface area contributed by atoms with Crippen molar-refractivity contribution in [2.75, 3.05) is 19.8 Å². The number of ether oxygens (including phenoxy) is 2. The van der Waals surface area contributed by atoms with Crippen LogP contribution in [-0.2, 0) is 6.42 Å². The maximum absolute atomic E-state index is 12.4. The van der Waals surface area contributed by atoms with Gasteiger partial charge in [-0.05, 0) is 41.5 Å². The second-order valence-electron chi connectivity index (χ2n) is 5.80. The number of benzene rings is 2. The number of amides is 1. The van der Waals surface area contributed by atoms with Gasteiger partial charge in [0.05, 0.1) is 0 Å². The molecule has 26 heavy (non-hydrogen) atoms. The van der Waals surface area contributed by atoms with E-state index in [4.69, 9.17) is 9.47 Å². The highest BCUT2D eigenvalue weighted by atomic mass is 16.6. The third-order valence-corrected chi connectivity index (χ3v) is 4.03. The van der Waals surface area contributed by atoms with Crippen LogP contribution in [0.15, 0.2) is 42.5 Å². The van der Waals surface area contributed by atoms with Crippen LogP contribution in [0, 0.1) is 0 Å². The summed E-state index contributed by atoms with van der Waals surface area (Å²) in [5.41, 5.74) is 2.36. The van der Waals surface area contributed by atoms with E-state index < -0.39 is 0 Å². The molecule has 2 N–H and O–H groups in total. The summed E-state index contributed by atoms with van der Waals surface area (Å²) in [5, 5.41) is 16.7. The van der Waals surface area contributed by atoms with Gasteiger partial charge in [-0.3, -0.25) is 4.79 Å². The van der Waals surface area contributed by atoms with Gasteiger partial charge in [0.1, 0.15) is 13.2 Å². The highest BCUT2D eigenvalue weighted by molar-refractivity contribution is 5.95. The first kappa shape index (κ1) is 16.1. The number of nitrogens with one attached hydrogen (secondary N) is 2. The van der Waals surface area contributed by atoms with Gasteiger partial charge in [-0.2, -0.15) is 5.21 Å². The Kier molecular flexibility index (Phi) is 4.46. The number of carbonyl (C=O) groups excluding carboxylic acids is 1. The van der Waals surface area contributed by atoms with Gasteiger partial charge in [-0.15, -0.1) is 10.2 Å². The van der Waals surface area contributed by atoms with Crippen LogP contribution in [0.5, 0.6) is 11.5 Å². The lowest BCUT2D eigenvalue weighted by Crippen LogP contribution is -2.25. The van der Waals surface area contributed by atoms with Crippen molar-refractivity contribution in [1.29, 1.82) is 0 Å². The van der Waals surface area contributed by atoms with E-state index >= 15 is 0 Å². The van der Waals surface area contributed by atoms with Gasteiger partial charge in [0, 0.05) is 17.7 Å². The standard InChI is InChI=1S/C18H17N5O3/c24-18(14-3-1-2-13(11-14)17-20-22-23-21-17)19-7-6-12-4-5-15-16(10-12)26-9-8-25-15/h1-5,10-11H,6-9H2,(H,19,24)(H,20,21,22,23). The number of hydrogen-bond acceptors (Lipinski definition) is 6. The van der Waals surface area contributed by atoms with Gasteiger partial charge >= 0.3 is 0 Å². The van der Waals surface area contributed by atoms with Gasteiger partial charge in [0.25, 0.3) is 5.91 Å². The van der Waals surface area contributed by atoms with E-state index in [1.165, 1.54) is 0 Å². The molecule has 0 saturated carbocycles. The predicted molar refractivity (Wildman–Crippen MR) is 93.1 cm³/mol. The third-order valence-electron chi connectivity index (χ3n) is 4.03. The number of rotatable bonds is 5. The average molecular weight is 351 g/mol. The Morgan fingerprint density at radius 2 is 2.00 bits per heavy atom. The molecule has 8 heteroatoms. The average Bonchev–Trinajstić information content (AvgIpc) is 3.23. The first-order valence-electron chi connectivity index (χ1n) is 8.30. The van der Waals surface area contributed by atoms with E-state index in [-0.39, 0.29) is 5.91 Å². The van der Waals surface area contributed by atoms with Crippen LogP contribution >= 0.6 is 0 Å². The molecule has 8 nitrogen and oxygen atoms in total. The Morgan fingerprint density at radius 3 is 2.85 bits per heavy atom. The van der Waals surface area contributed by atoms with Crippen LogP contribution in [0.2, 0.25) is 0 Å². The molecule has 4 rings (SSSR count). The summed E-state index contributed by atoms with van der Waals surface area (Å²) in [7, 11) is 0. The van der Waals surface area contributed by atoms with Crippen LogP contribution in [0.25, 0.3) is 11.4 Å². The van der Waals surface area contributed by atoms with Gasteiger partial charge in [-0.1, -0.05) is 18.2 Å². The van der Waals surface area contributed by atoms with Crippen molar-refractivity contribution >= 4 is 5.91 Å². The minimum Gasteiger partial charge on any atom is -0.486 e. The minimum absolute atomic E-state index is 0.145. The van der Waals surface area contributed by atoms with Crippen molar-refractivity contribution in [3.8, 4) is 22.9 Å². The van der Waals surface area contributed by atoms with E-state index in [0.717, 1.165) is 22.6 Å². The lowest BCUT2D eigenvalue weighted by atomic mass is 10.1. The van der Waals surface area contributed by atoms with E-state index in [1.807, 2.05) is 24.3 Å². The molecule has 0 spiro atoms. The highest BCUT2D eigenvalue weighted by Gasteiger charge is 2.12. The van der Waals surface area contributed by atoms with E-state index in [0.29, 0.717) is 37.6 Å². The number of aromatic amines is 1. The summed E-state index contributed by atoms with van der Waals surface area (Å²) >= 11 is 0. The zero-order valence-electron chi connectivity index (χ0n) is 13.9. The fraction of sp³-hybridized carbons (Fsp3) is 0.222. The third kappa shape index (κ3) is 3.49. The molecule has 0 saturated heterocycles. The number of tetrazole rings is 1. The maximum Gasteiger partial charge on any atom is 0.251 e. The molecule has 3 aromatic rings. The van der Waals surface area contributed by atoms with Gasteiger partial charge in [0.15, 0.2) is 11.5 Å². The molecule has 1 aliphatic heterocycles. The molecule has 0 fully saturated rings. The van der Waals surface area contributed by atoms with E-state index in [9.17, 15) is 4.79 Å². The van der Waals surface area contributed by atoms with E-state index in [2.05, 4.69) is 25.9 Å². The number of nitrogens with zero attached hydrogens (tertiary/aromatic N) is 3. The zero-order chi connectivity index (χ0) is 17.8. The molecular formula is C18H17N5O3. The van der Waals surface area contributed by atoms with Gasteiger partial charge in [0.2, 0.25) is 5.82 Å². The van der Waals surface area contributed by atoms with Crippen molar-refractivity contribution in [1.82, 2.24) is 25.9 Å². The second kappa shape index (κ2) is 7.22. The molecule has 0 bridgehead atoms. The number of hydrogen-bond donors (Lipinski definition) is 2. The van der Waals surface area contributed by atoms with Crippen molar-refractivity contribution in [3.63, 3.8) is 0 Å².